The Kier molecular flexibility index (Phi) is 4.89. The van der Waals surface area contributed by atoms with Gasteiger partial charge in [-0.3, -0.25) is 14.4 Å². The number of likely N-dealkylation sites (tertiary alicyclic amines) is 1. The Hall–Kier alpha value is -1.63. The number of carboxylic acids is 1. The molecule has 17 heavy (non-hydrogen) atoms. The van der Waals surface area contributed by atoms with Gasteiger partial charge in [0.1, 0.15) is 0 Å². The van der Waals surface area contributed by atoms with Gasteiger partial charge in [-0.2, -0.15) is 0 Å². The average Bonchev–Trinajstić information content (AvgIpc) is 2.35. The third kappa shape index (κ3) is 4.03. The number of carbonyl (C=O) groups is 3. The minimum absolute atomic E-state index is 0.123. The summed E-state index contributed by atoms with van der Waals surface area (Å²) in [5.41, 5.74) is 5.08. The molecule has 0 aromatic rings. The summed E-state index contributed by atoms with van der Waals surface area (Å²) in [6, 6.07) is 0. The van der Waals surface area contributed by atoms with Gasteiger partial charge in [-0.25, -0.2) is 0 Å². The summed E-state index contributed by atoms with van der Waals surface area (Å²) in [7, 11) is 0. The highest BCUT2D eigenvalue weighted by Crippen LogP contribution is 2.16. The van der Waals surface area contributed by atoms with E-state index in [1.165, 1.54) is 4.90 Å². The first-order valence-electron chi connectivity index (χ1n) is 5.52. The minimum atomic E-state index is -0.881. The van der Waals surface area contributed by atoms with Gasteiger partial charge in [0.05, 0.1) is 19.0 Å². The topological polar surface area (TPSA) is 113 Å². The van der Waals surface area contributed by atoms with E-state index in [0.717, 1.165) is 0 Å². The SMILES string of the molecule is NCC(=O)NCC(=O)N1CCC[C@@H](C(=O)O)C1. The predicted octanol–water partition coefficient (Wildman–Crippen LogP) is -1.62. The quantitative estimate of drug-likeness (QED) is 0.549. The molecule has 0 aromatic heterocycles. The number of nitrogens with zero attached hydrogens (tertiary/aromatic N) is 1. The summed E-state index contributed by atoms with van der Waals surface area (Å²) in [6.07, 6.45) is 1.27. The summed E-state index contributed by atoms with van der Waals surface area (Å²) in [6.45, 7) is 0.473. The van der Waals surface area contributed by atoms with Crippen LogP contribution >= 0.6 is 0 Å². The van der Waals surface area contributed by atoms with E-state index in [9.17, 15) is 14.4 Å². The fraction of sp³-hybridized carbons (Fsp3) is 0.700. The van der Waals surface area contributed by atoms with Crippen molar-refractivity contribution in [3.63, 3.8) is 0 Å². The molecule has 1 rings (SSSR count). The second-order valence-electron chi connectivity index (χ2n) is 4.00. The highest BCUT2D eigenvalue weighted by molar-refractivity contribution is 5.85. The van der Waals surface area contributed by atoms with E-state index in [1.807, 2.05) is 0 Å². The molecule has 4 N–H and O–H groups in total. The highest BCUT2D eigenvalue weighted by atomic mass is 16.4. The Balaban J connectivity index is 2.41. The van der Waals surface area contributed by atoms with E-state index in [0.29, 0.717) is 19.4 Å². The second-order valence-corrected chi connectivity index (χ2v) is 4.00. The molecule has 1 aliphatic rings. The molecule has 0 saturated carbocycles. The number of rotatable bonds is 4. The third-order valence-electron chi connectivity index (χ3n) is 2.75. The molecule has 1 heterocycles. The number of amides is 2. The summed E-state index contributed by atoms with van der Waals surface area (Å²) >= 11 is 0. The van der Waals surface area contributed by atoms with Crippen molar-refractivity contribution in [3.8, 4) is 0 Å². The van der Waals surface area contributed by atoms with Crippen molar-refractivity contribution in [2.45, 2.75) is 12.8 Å². The van der Waals surface area contributed by atoms with Gasteiger partial charge in [-0.05, 0) is 12.8 Å². The van der Waals surface area contributed by atoms with Crippen molar-refractivity contribution in [2.24, 2.45) is 11.7 Å². The number of carboxylic acid groups (broad SMARTS) is 1. The Morgan fingerprint density at radius 1 is 1.41 bits per heavy atom. The molecule has 2 amide bonds. The Bertz CT molecular complexity index is 319. The molecule has 0 bridgehead atoms. The number of nitrogens with two attached hydrogens (primary N) is 1. The lowest BCUT2D eigenvalue weighted by Gasteiger charge is -2.30. The van der Waals surface area contributed by atoms with Crippen molar-refractivity contribution in [2.75, 3.05) is 26.2 Å². The van der Waals surface area contributed by atoms with Gasteiger partial charge >= 0.3 is 5.97 Å². The van der Waals surface area contributed by atoms with Crippen molar-refractivity contribution in [1.82, 2.24) is 10.2 Å². The molecule has 7 nitrogen and oxygen atoms in total. The second kappa shape index (κ2) is 6.19. The van der Waals surface area contributed by atoms with Crippen LogP contribution in [0.2, 0.25) is 0 Å². The van der Waals surface area contributed by atoms with Gasteiger partial charge in [-0.15, -0.1) is 0 Å². The molecule has 0 aromatic carbocycles. The van der Waals surface area contributed by atoms with Gasteiger partial charge in [0.25, 0.3) is 0 Å². The predicted molar refractivity (Wildman–Crippen MR) is 59.0 cm³/mol. The third-order valence-corrected chi connectivity index (χ3v) is 2.75. The standard InChI is InChI=1S/C10H17N3O4/c11-4-8(14)12-5-9(15)13-3-1-2-7(6-13)10(16)17/h7H,1-6,11H2,(H,12,14)(H,16,17)/t7-/m1/s1. The van der Waals surface area contributed by atoms with E-state index >= 15 is 0 Å². The highest BCUT2D eigenvalue weighted by Gasteiger charge is 2.27. The normalized spacial score (nSPS) is 19.8. The van der Waals surface area contributed by atoms with Gasteiger partial charge in [-0.1, -0.05) is 0 Å². The van der Waals surface area contributed by atoms with Gasteiger partial charge < -0.3 is 21.1 Å². The lowest BCUT2D eigenvalue weighted by atomic mass is 9.98. The zero-order valence-corrected chi connectivity index (χ0v) is 9.52. The zero-order chi connectivity index (χ0) is 12.8. The van der Waals surface area contributed by atoms with Crippen LogP contribution in [0, 0.1) is 5.92 Å². The van der Waals surface area contributed by atoms with Crippen molar-refractivity contribution in [3.05, 3.63) is 0 Å². The van der Waals surface area contributed by atoms with Crippen LogP contribution in [0.5, 0.6) is 0 Å². The molecular weight excluding hydrogens is 226 g/mol. The zero-order valence-electron chi connectivity index (χ0n) is 9.52. The number of nitrogens with one attached hydrogen (secondary N) is 1. The molecule has 1 atom stereocenters. The van der Waals surface area contributed by atoms with Gasteiger partial charge in [0.2, 0.25) is 11.8 Å². The largest absolute Gasteiger partial charge is 0.481 e. The average molecular weight is 243 g/mol. The van der Waals surface area contributed by atoms with Gasteiger partial charge in [0, 0.05) is 13.1 Å². The van der Waals surface area contributed by atoms with Crippen LogP contribution in [-0.2, 0) is 14.4 Å². The van der Waals surface area contributed by atoms with E-state index in [4.69, 9.17) is 10.8 Å². The van der Waals surface area contributed by atoms with E-state index in [2.05, 4.69) is 5.32 Å². The lowest BCUT2D eigenvalue weighted by Crippen LogP contribution is -2.47. The molecule has 1 aliphatic heterocycles. The summed E-state index contributed by atoms with van der Waals surface area (Å²) in [4.78, 5) is 34.8. The number of carbonyl (C=O) groups excluding carboxylic acids is 2. The van der Waals surface area contributed by atoms with Crippen LogP contribution in [0.25, 0.3) is 0 Å². The van der Waals surface area contributed by atoms with Crippen LogP contribution in [0.15, 0.2) is 0 Å². The molecule has 96 valence electrons. The van der Waals surface area contributed by atoms with Crippen LogP contribution in [-0.4, -0.2) is 54.0 Å². The van der Waals surface area contributed by atoms with Crippen molar-refractivity contribution in [1.29, 1.82) is 0 Å². The molecule has 7 heteroatoms. The summed E-state index contributed by atoms with van der Waals surface area (Å²) < 4.78 is 0. The van der Waals surface area contributed by atoms with Crippen LogP contribution in [0.3, 0.4) is 0 Å². The molecule has 0 spiro atoms. The maximum Gasteiger partial charge on any atom is 0.308 e. The lowest BCUT2D eigenvalue weighted by molar-refractivity contribution is -0.145. The molecule has 1 fully saturated rings. The Morgan fingerprint density at radius 2 is 2.12 bits per heavy atom. The van der Waals surface area contributed by atoms with Crippen LogP contribution < -0.4 is 11.1 Å². The first-order chi connectivity index (χ1) is 8.04. The minimum Gasteiger partial charge on any atom is -0.481 e. The maximum atomic E-state index is 11.7. The van der Waals surface area contributed by atoms with Crippen molar-refractivity contribution < 1.29 is 19.5 Å². The van der Waals surface area contributed by atoms with Crippen LogP contribution in [0.1, 0.15) is 12.8 Å². The number of hydrogen-bond acceptors (Lipinski definition) is 4. The monoisotopic (exact) mass is 243 g/mol. The Labute approximate surface area is 98.9 Å². The number of hydrogen-bond donors (Lipinski definition) is 3. The van der Waals surface area contributed by atoms with E-state index < -0.39 is 17.8 Å². The molecule has 0 unspecified atom stereocenters. The first-order valence-corrected chi connectivity index (χ1v) is 5.52. The molecule has 1 saturated heterocycles. The number of aliphatic carboxylic acids is 1. The van der Waals surface area contributed by atoms with Gasteiger partial charge in [0.15, 0.2) is 0 Å². The maximum absolute atomic E-state index is 11.7. The summed E-state index contributed by atoms with van der Waals surface area (Å²) in [5, 5.41) is 11.2. The number of piperidine rings is 1. The fourth-order valence-corrected chi connectivity index (χ4v) is 1.76. The molecule has 0 aliphatic carbocycles. The van der Waals surface area contributed by atoms with Crippen LogP contribution in [0.4, 0.5) is 0 Å². The fourth-order valence-electron chi connectivity index (χ4n) is 1.76. The van der Waals surface area contributed by atoms with E-state index in [1.54, 1.807) is 0 Å². The first kappa shape index (κ1) is 13.4. The van der Waals surface area contributed by atoms with Crippen molar-refractivity contribution >= 4 is 17.8 Å². The molecule has 0 radical (unpaired) electrons. The molecular formula is C10H17N3O4. The van der Waals surface area contributed by atoms with E-state index in [-0.39, 0.29) is 25.5 Å². The Morgan fingerprint density at radius 3 is 2.71 bits per heavy atom. The smallest absolute Gasteiger partial charge is 0.308 e. The summed E-state index contributed by atoms with van der Waals surface area (Å²) in [5.74, 6) is -2.05.